The van der Waals surface area contributed by atoms with Gasteiger partial charge < -0.3 is 4.57 Å². The minimum Gasteiger partial charge on any atom is -0.308 e. The molecule has 1 heterocycles. The number of benzene rings is 3. The van der Waals surface area contributed by atoms with Gasteiger partial charge in [-0.3, -0.25) is 0 Å². The number of para-hydroxylation sites is 2. The lowest BCUT2D eigenvalue weighted by molar-refractivity contribution is 1.18. The largest absolute Gasteiger partial charge is 0.308 e. The van der Waals surface area contributed by atoms with E-state index in [9.17, 15) is 0 Å². The van der Waals surface area contributed by atoms with E-state index < -0.39 is 60.4 Å². The molecule has 1 nitrogen and oxygen atoms in total. The van der Waals surface area contributed by atoms with Gasteiger partial charge in [-0.2, -0.15) is 0 Å². The maximum atomic E-state index is 8.45. The lowest BCUT2D eigenvalue weighted by Gasteiger charge is -2.10. The van der Waals surface area contributed by atoms with Crippen molar-refractivity contribution in [3.63, 3.8) is 0 Å². The van der Waals surface area contributed by atoms with Gasteiger partial charge in [0.05, 0.1) is 36.8 Å². The Kier molecular flexibility index (Phi) is 1.35. The highest BCUT2D eigenvalue weighted by atomic mass is 79.9. The van der Waals surface area contributed by atoms with Crippen molar-refractivity contribution in [2.75, 3.05) is 0 Å². The fourth-order valence-corrected chi connectivity index (χ4v) is 2.79. The summed E-state index contributed by atoms with van der Waals surface area (Å²) in [6, 6.07) is -5.80. The van der Waals surface area contributed by atoms with Gasteiger partial charge in [-0.15, -0.1) is 0 Å². The molecule has 0 atom stereocenters. The van der Waals surface area contributed by atoms with Gasteiger partial charge in [0.2, 0.25) is 0 Å². The van der Waals surface area contributed by atoms with Crippen LogP contribution < -0.4 is 0 Å². The van der Waals surface area contributed by atoms with Gasteiger partial charge in [-0.1, -0.05) is 63.8 Å². The van der Waals surface area contributed by atoms with Gasteiger partial charge in [0.25, 0.3) is 0 Å². The molecule has 0 amide bonds. The lowest BCUT2D eigenvalue weighted by Crippen LogP contribution is -1.94. The molecule has 0 fully saturated rings. The molecule has 4 rings (SSSR count). The first-order chi connectivity index (χ1) is 14.8. The number of halogens is 2. The quantitative estimate of drug-likeness (QED) is 0.377. The van der Waals surface area contributed by atoms with Crippen LogP contribution in [-0.4, -0.2) is 4.57 Å². The number of nitrogens with zero attached hydrogens (tertiary/aromatic N) is 1. The van der Waals surface area contributed by atoms with Crippen molar-refractivity contribution in [3.05, 3.63) is 76.0 Å². The zero-order valence-electron chi connectivity index (χ0n) is 21.2. The van der Waals surface area contributed by atoms with Crippen LogP contribution in [-0.2, 0) is 0 Å². The highest BCUT2D eigenvalue weighted by molar-refractivity contribution is 9.10. The van der Waals surface area contributed by atoms with E-state index in [1.165, 1.54) is 0 Å². The van der Waals surface area contributed by atoms with Crippen LogP contribution in [0.1, 0.15) is 15.1 Å². The van der Waals surface area contributed by atoms with Gasteiger partial charge in [0.15, 0.2) is 0 Å². The second-order valence-corrected chi connectivity index (χ2v) is 5.31. The van der Waals surface area contributed by atoms with Crippen LogP contribution in [0, 0.1) is 0 Å². The predicted octanol–water partition coefficient (Wildman–Crippen LogP) is 6.20. The Hall–Kier alpha value is -1.77. The molecule has 102 valence electrons. The number of rotatable bonds is 1. The normalized spacial score (nSPS) is 18.7. The highest BCUT2D eigenvalue weighted by Crippen LogP contribution is 2.34. The summed E-state index contributed by atoms with van der Waals surface area (Å²) in [5.41, 5.74) is -0.746. The Bertz CT molecular complexity index is 1410. The van der Waals surface area contributed by atoms with E-state index in [1.807, 2.05) is 0 Å². The molecule has 0 unspecified atom stereocenters. The molecular weight excluding hydrogens is 346 g/mol. The molecule has 0 saturated heterocycles. The summed E-state index contributed by atoms with van der Waals surface area (Å²) in [5, 5.41) is -0.666. The van der Waals surface area contributed by atoms with Gasteiger partial charge in [-0.25, -0.2) is 0 Å². The van der Waals surface area contributed by atoms with Crippen LogP contribution in [0.15, 0.2) is 70.9 Å². The third-order valence-electron chi connectivity index (χ3n) is 2.97. The van der Waals surface area contributed by atoms with Crippen LogP contribution in [0.25, 0.3) is 27.5 Å². The topological polar surface area (TPSA) is 4.93 Å². The van der Waals surface area contributed by atoms with Crippen molar-refractivity contribution >= 4 is 49.3 Å². The molecule has 3 aromatic carbocycles. The monoisotopic (exact) mass is 366 g/mol. The summed E-state index contributed by atoms with van der Waals surface area (Å²) in [6.07, 6.45) is 0. The Morgan fingerprint density at radius 1 is 0.857 bits per heavy atom. The van der Waals surface area contributed by atoms with Crippen LogP contribution in [0.2, 0.25) is 5.02 Å². The zero-order valence-corrected chi connectivity index (χ0v) is 12.5. The van der Waals surface area contributed by atoms with Crippen LogP contribution in [0.4, 0.5) is 0 Å². The second-order valence-electron chi connectivity index (χ2n) is 4.13. The molecule has 0 aliphatic heterocycles. The van der Waals surface area contributed by atoms with Crippen LogP contribution >= 0.6 is 27.5 Å². The fourth-order valence-electron chi connectivity index (χ4n) is 2.15. The standard InChI is InChI=1S/C18H11BrClN/c19-12-9-10-18(15(20)11-12)21-16-7-3-1-5-13(16)14-6-2-4-8-17(14)21/h1-11H/i1D,2D,3D,4D,5D,6D,7D,8D,9D,10D,11D. The molecule has 0 saturated carbocycles. The first kappa shape index (κ1) is 5.79. The molecule has 0 N–H and O–H groups in total. The van der Waals surface area contributed by atoms with Crippen molar-refractivity contribution in [1.29, 1.82) is 0 Å². The summed E-state index contributed by atoms with van der Waals surface area (Å²) in [4.78, 5) is 0. The van der Waals surface area contributed by atoms with Crippen molar-refractivity contribution in [1.82, 2.24) is 4.57 Å². The Balaban J connectivity index is 2.50. The third-order valence-corrected chi connectivity index (χ3v) is 3.64. The summed E-state index contributed by atoms with van der Waals surface area (Å²) >= 11 is 9.41. The summed E-state index contributed by atoms with van der Waals surface area (Å²) in [6.45, 7) is 0. The molecule has 0 radical (unpaired) electrons. The lowest BCUT2D eigenvalue weighted by atomic mass is 10.2. The Labute approximate surface area is 151 Å². The zero-order chi connectivity index (χ0) is 24.0. The van der Waals surface area contributed by atoms with Gasteiger partial charge in [0.1, 0.15) is 0 Å². The second kappa shape index (κ2) is 4.90. The van der Waals surface area contributed by atoms with Crippen LogP contribution in [0.5, 0.6) is 0 Å². The van der Waals surface area contributed by atoms with E-state index in [4.69, 9.17) is 26.7 Å². The Morgan fingerprint density at radius 2 is 1.43 bits per heavy atom. The minimum atomic E-state index is -0.612. The molecule has 0 spiro atoms. The van der Waals surface area contributed by atoms with E-state index in [2.05, 4.69) is 15.9 Å². The average molecular weight is 368 g/mol. The van der Waals surface area contributed by atoms with E-state index in [0.29, 0.717) is 0 Å². The molecule has 21 heavy (non-hydrogen) atoms. The highest BCUT2D eigenvalue weighted by Gasteiger charge is 2.13. The molecule has 0 bridgehead atoms. The predicted molar refractivity (Wildman–Crippen MR) is 93.5 cm³/mol. The summed E-state index contributed by atoms with van der Waals surface area (Å²) in [5.74, 6) is 0. The molecule has 3 heteroatoms. The molecule has 0 aliphatic carbocycles. The first-order valence-corrected chi connectivity index (χ1v) is 6.97. The van der Waals surface area contributed by atoms with Crippen molar-refractivity contribution < 1.29 is 15.1 Å². The molecule has 1 aromatic heterocycles. The SMILES string of the molecule is [2H]c1c([2H])c(-n2c3c([2H])c([2H])c([2H])c([2H])c3c3c([2H])c([2H])c([2H])c([2H])c32)c(Cl)c([2H])c1Br. The minimum absolute atomic E-state index is 0.0548. The average Bonchev–Trinajstić information content (AvgIpc) is 3.12. The number of aromatic nitrogens is 1. The maximum absolute atomic E-state index is 8.45. The van der Waals surface area contributed by atoms with E-state index >= 15 is 0 Å². The van der Waals surface area contributed by atoms with E-state index in [-0.39, 0.29) is 43.0 Å². The molecular formula is C18H11BrClN. The Morgan fingerprint density at radius 3 is 2.05 bits per heavy atom. The van der Waals surface area contributed by atoms with E-state index in [1.54, 1.807) is 0 Å². The maximum Gasteiger partial charge on any atom is 0.0657 e. The van der Waals surface area contributed by atoms with Gasteiger partial charge in [0, 0.05) is 15.2 Å². The fraction of sp³-hybridized carbons (Fsp3) is 0. The van der Waals surface area contributed by atoms with Gasteiger partial charge in [-0.05, 0) is 30.2 Å². The van der Waals surface area contributed by atoms with Crippen LogP contribution in [0.3, 0.4) is 0 Å². The number of fused-ring (bicyclic) bond motifs is 3. The third kappa shape index (κ3) is 1.98. The number of hydrogen-bond acceptors (Lipinski definition) is 0. The summed E-state index contributed by atoms with van der Waals surface area (Å²) < 4.78 is 91.7. The van der Waals surface area contributed by atoms with Gasteiger partial charge >= 0.3 is 0 Å². The van der Waals surface area contributed by atoms with E-state index in [0.717, 1.165) is 4.57 Å². The number of hydrogen-bond donors (Lipinski definition) is 0. The van der Waals surface area contributed by atoms with Crippen molar-refractivity contribution in [3.8, 4) is 5.69 Å². The van der Waals surface area contributed by atoms with Crippen molar-refractivity contribution in [2.24, 2.45) is 0 Å². The molecule has 0 aliphatic rings. The first-order valence-electron chi connectivity index (χ1n) is 11.3. The summed E-state index contributed by atoms with van der Waals surface area (Å²) in [7, 11) is 0. The molecule has 4 aromatic rings. The van der Waals surface area contributed by atoms with Crippen molar-refractivity contribution in [2.45, 2.75) is 0 Å². The smallest absolute Gasteiger partial charge is 0.0657 e.